The van der Waals surface area contributed by atoms with Crippen molar-refractivity contribution in [3.8, 4) is 0 Å². The van der Waals surface area contributed by atoms with Crippen molar-refractivity contribution >= 4 is 17.9 Å². The molecule has 366 valence electrons. The summed E-state index contributed by atoms with van der Waals surface area (Å²) in [6.45, 7) is 6.51. The number of ether oxygens (including phenoxy) is 3. The molecule has 0 saturated carbocycles. The third kappa shape index (κ3) is 50.2. The van der Waals surface area contributed by atoms with Crippen LogP contribution in [-0.4, -0.2) is 37.2 Å². The van der Waals surface area contributed by atoms with Gasteiger partial charge in [-0.05, 0) is 77.0 Å². The van der Waals surface area contributed by atoms with Crippen LogP contribution >= 0.6 is 0 Å². The summed E-state index contributed by atoms with van der Waals surface area (Å²) in [6, 6.07) is 0. The highest BCUT2D eigenvalue weighted by molar-refractivity contribution is 5.71. The predicted molar refractivity (Wildman–Crippen MR) is 270 cm³/mol. The van der Waals surface area contributed by atoms with E-state index in [9.17, 15) is 14.4 Å². The fourth-order valence-corrected chi connectivity index (χ4v) is 7.75. The van der Waals surface area contributed by atoms with Crippen LogP contribution in [0.15, 0.2) is 48.6 Å². The molecule has 0 aromatic carbocycles. The second-order valence-corrected chi connectivity index (χ2v) is 18.1. The average molecular weight is 883 g/mol. The lowest BCUT2D eigenvalue weighted by Gasteiger charge is -2.18. The Morgan fingerprint density at radius 1 is 0.333 bits per heavy atom. The van der Waals surface area contributed by atoms with Crippen LogP contribution < -0.4 is 0 Å². The van der Waals surface area contributed by atoms with E-state index in [1.807, 2.05) is 0 Å². The molecule has 0 fully saturated rings. The minimum absolute atomic E-state index is 0.0844. The van der Waals surface area contributed by atoms with Crippen LogP contribution in [0.3, 0.4) is 0 Å². The van der Waals surface area contributed by atoms with Crippen molar-refractivity contribution in [1.82, 2.24) is 0 Å². The molecule has 6 nitrogen and oxygen atoms in total. The maximum atomic E-state index is 12.8. The lowest BCUT2D eigenvalue weighted by Crippen LogP contribution is -2.30. The quantitative estimate of drug-likeness (QED) is 0.0262. The zero-order chi connectivity index (χ0) is 45.8. The fraction of sp³-hybridized carbons (Fsp3) is 0.807. The summed E-state index contributed by atoms with van der Waals surface area (Å²) in [6.07, 6.45) is 62.4. The van der Waals surface area contributed by atoms with Crippen molar-refractivity contribution in [1.29, 1.82) is 0 Å². The maximum Gasteiger partial charge on any atom is 0.306 e. The summed E-state index contributed by atoms with van der Waals surface area (Å²) in [7, 11) is 0. The van der Waals surface area contributed by atoms with Crippen LogP contribution in [0.1, 0.15) is 278 Å². The molecule has 0 aliphatic heterocycles. The summed E-state index contributed by atoms with van der Waals surface area (Å²) in [5.74, 6) is -0.911. The van der Waals surface area contributed by atoms with Gasteiger partial charge in [-0.1, -0.05) is 230 Å². The van der Waals surface area contributed by atoms with Gasteiger partial charge in [0.05, 0.1) is 0 Å². The van der Waals surface area contributed by atoms with Gasteiger partial charge >= 0.3 is 17.9 Å². The zero-order valence-electron chi connectivity index (χ0n) is 41.8. The van der Waals surface area contributed by atoms with Crippen molar-refractivity contribution in [3.63, 3.8) is 0 Å². The molecule has 0 heterocycles. The second-order valence-electron chi connectivity index (χ2n) is 18.1. The van der Waals surface area contributed by atoms with Crippen LogP contribution in [0, 0.1) is 0 Å². The Morgan fingerprint density at radius 2 is 0.619 bits per heavy atom. The first-order valence-electron chi connectivity index (χ1n) is 27.1. The average Bonchev–Trinajstić information content (AvgIpc) is 3.28. The van der Waals surface area contributed by atoms with E-state index >= 15 is 0 Å². The third-order valence-corrected chi connectivity index (χ3v) is 11.8. The SMILES string of the molecule is CC/C=C\C/C=C\C/C=C\CCCCCC(=O)OCC(COC(=O)CCCCCCC/C=C\CCCCCCCCC)OC(=O)CCCCCCCCCCCCCCCCCC. The highest BCUT2D eigenvalue weighted by Gasteiger charge is 2.19. The van der Waals surface area contributed by atoms with Gasteiger partial charge in [0.1, 0.15) is 13.2 Å². The minimum atomic E-state index is -0.785. The van der Waals surface area contributed by atoms with Crippen molar-refractivity contribution in [3.05, 3.63) is 48.6 Å². The number of esters is 3. The molecule has 0 bridgehead atoms. The maximum absolute atomic E-state index is 12.8. The van der Waals surface area contributed by atoms with Gasteiger partial charge in [-0.2, -0.15) is 0 Å². The highest BCUT2D eigenvalue weighted by atomic mass is 16.6. The summed E-state index contributed by atoms with van der Waals surface area (Å²) in [5, 5.41) is 0. The topological polar surface area (TPSA) is 78.9 Å². The molecule has 0 aliphatic carbocycles. The highest BCUT2D eigenvalue weighted by Crippen LogP contribution is 2.16. The van der Waals surface area contributed by atoms with Crippen molar-refractivity contribution in [2.45, 2.75) is 284 Å². The van der Waals surface area contributed by atoms with Crippen molar-refractivity contribution < 1.29 is 28.6 Å². The number of carbonyl (C=O) groups is 3. The first kappa shape index (κ1) is 60.4. The molecule has 0 aliphatic rings. The molecule has 1 atom stereocenters. The molecule has 0 aromatic heterocycles. The molecule has 0 saturated heterocycles. The molecule has 0 amide bonds. The largest absolute Gasteiger partial charge is 0.462 e. The summed E-state index contributed by atoms with van der Waals surface area (Å²) >= 11 is 0. The van der Waals surface area contributed by atoms with E-state index in [-0.39, 0.29) is 31.1 Å². The van der Waals surface area contributed by atoms with Crippen LogP contribution in [0.4, 0.5) is 0 Å². The van der Waals surface area contributed by atoms with E-state index in [1.54, 1.807) is 0 Å². The predicted octanol–water partition coefficient (Wildman–Crippen LogP) is 17.9. The molecule has 1 unspecified atom stereocenters. The van der Waals surface area contributed by atoms with Gasteiger partial charge in [-0.3, -0.25) is 14.4 Å². The molecular formula is C57H102O6. The Hall–Kier alpha value is -2.63. The van der Waals surface area contributed by atoms with Crippen molar-refractivity contribution in [2.75, 3.05) is 13.2 Å². The van der Waals surface area contributed by atoms with Crippen LogP contribution in [0.5, 0.6) is 0 Å². The van der Waals surface area contributed by atoms with Gasteiger partial charge in [0.25, 0.3) is 0 Å². The van der Waals surface area contributed by atoms with Crippen LogP contribution in [0.2, 0.25) is 0 Å². The molecule has 0 N–H and O–H groups in total. The Morgan fingerprint density at radius 3 is 1.00 bits per heavy atom. The lowest BCUT2D eigenvalue weighted by atomic mass is 10.0. The standard InChI is InChI=1S/C57H102O6/c1-4-7-10-13-16-19-22-25-27-29-32-35-38-41-44-47-50-56(59)62-53-54(52-61-55(58)49-46-43-40-37-34-31-24-21-18-15-12-9-6-3)63-57(60)51-48-45-42-39-36-33-30-28-26-23-20-17-14-11-8-5-2/h9,12,18,21,27,29,31,34,54H,4-8,10-11,13-17,19-20,22-26,28,30,32-33,35-53H2,1-3H3/b12-9-,21-18-,29-27-,34-31-. The number of allylic oxidation sites excluding steroid dienone is 8. The molecule has 63 heavy (non-hydrogen) atoms. The van der Waals surface area contributed by atoms with Gasteiger partial charge in [0.2, 0.25) is 0 Å². The Bertz CT molecular complexity index is 1110. The Kier molecular flexibility index (Phi) is 49.8. The third-order valence-electron chi connectivity index (χ3n) is 11.8. The fourth-order valence-electron chi connectivity index (χ4n) is 7.75. The zero-order valence-corrected chi connectivity index (χ0v) is 41.8. The number of rotatable bonds is 49. The molecule has 0 aromatic rings. The van der Waals surface area contributed by atoms with Crippen LogP contribution in [0.25, 0.3) is 0 Å². The summed E-state index contributed by atoms with van der Waals surface area (Å²) in [5.41, 5.74) is 0. The number of unbranched alkanes of at least 4 members (excludes halogenated alkanes) is 30. The van der Waals surface area contributed by atoms with Gasteiger partial charge in [0, 0.05) is 19.3 Å². The molecule has 6 heteroatoms. The van der Waals surface area contributed by atoms with E-state index < -0.39 is 6.10 Å². The van der Waals surface area contributed by atoms with E-state index in [0.29, 0.717) is 19.3 Å². The molecule has 0 rings (SSSR count). The van der Waals surface area contributed by atoms with Gasteiger partial charge in [-0.15, -0.1) is 0 Å². The van der Waals surface area contributed by atoms with Crippen LogP contribution in [-0.2, 0) is 28.6 Å². The summed E-state index contributed by atoms with van der Waals surface area (Å²) in [4.78, 5) is 38.0. The monoisotopic (exact) mass is 883 g/mol. The Labute approximate surface area is 390 Å². The first-order valence-corrected chi connectivity index (χ1v) is 27.1. The van der Waals surface area contributed by atoms with E-state index in [2.05, 4.69) is 69.4 Å². The normalized spacial score (nSPS) is 12.4. The molecular weight excluding hydrogens is 781 g/mol. The molecule has 0 spiro atoms. The number of hydrogen-bond donors (Lipinski definition) is 0. The Balaban J connectivity index is 4.39. The van der Waals surface area contributed by atoms with Gasteiger partial charge in [-0.25, -0.2) is 0 Å². The summed E-state index contributed by atoms with van der Waals surface area (Å²) < 4.78 is 16.8. The minimum Gasteiger partial charge on any atom is -0.462 e. The lowest BCUT2D eigenvalue weighted by molar-refractivity contribution is -0.167. The number of carbonyl (C=O) groups excluding carboxylic acids is 3. The van der Waals surface area contributed by atoms with E-state index in [0.717, 1.165) is 89.9 Å². The van der Waals surface area contributed by atoms with Gasteiger partial charge < -0.3 is 14.2 Å². The van der Waals surface area contributed by atoms with E-state index in [4.69, 9.17) is 14.2 Å². The number of hydrogen-bond acceptors (Lipinski definition) is 6. The first-order chi connectivity index (χ1) is 31.0. The van der Waals surface area contributed by atoms with Gasteiger partial charge in [0.15, 0.2) is 6.10 Å². The second kappa shape index (κ2) is 52.0. The smallest absolute Gasteiger partial charge is 0.306 e. The molecule has 0 radical (unpaired) electrons. The van der Waals surface area contributed by atoms with Crippen molar-refractivity contribution in [2.24, 2.45) is 0 Å². The van der Waals surface area contributed by atoms with E-state index in [1.165, 1.54) is 148 Å².